The molecule has 1 rings (SSSR count). The summed E-state index contributed by atoms with van der Waals surface area (Å²) in [5.41, 5.74) is 0.910. The number of halogens is 1. The largest absolute Gasteiger partial charge is 0.378 e. The first-order valence-electron chi connectivity index (χ1n) is 2.96. The first-order valence-corrected chi connectivity index (χ1v) is 4.17. The molecule has 60 valence electrons. The van der Waals surface area contributed by atoms with Gasteiger partial charge in [0.2, 0.25) is 0 Å². The molecule has 0 aliphatic rings. The topological polar surface area (TPSA) is 37.9 Å². The van der Waals surface area contributed by atoms with E-state index >= 15 is 0 Å². The number of nitrogens with zero attached hydrogens (tertiary/aromatic N) is 1. The highest BCUT2D eigenvalue weighted by molar-refractivity contribution is 9.10. The van der Waals surface area contributed by atoms with E-state index in [0.29, 0.717) is 11.2 Å². The van der Waals surface area contributed by atoms with Crippen molar-refractivity contribution in [2.24, 2.45) is 0 Å². The van der Waals surface area contributed by atoms with E-state index in [1.54, 1.807) is 13.4 Å². The second-order valence-electron chi connectivity index (χ2n) is 1.93. The van der Waals surface area contributed by atoms with Crippen LogP contribution in [-0.4, -0.2) is 17.1 Å². The van der Waals surface area contributed by atoms with Crippen molar-refractivity contribution < 1.29 is 4.74 Å². The molecule has 0 aliphatic heterocycles. The summed E-state index contributed by atoms with van der Waals surface area (Å²) in [6.45, 7) is 0.507. The minimum Gasteiger partial charge on any atom is -0.378 e. The molecule has 0 bridgehead atoms. The number of H-pyrrole nitrogens is 1. The highest BCUT2D eigenvalue weighted by Crippen LogP contribution is 2.14. The monoisotopic (exact) mass is 234 g/mol. The number of methoxy groups -OCH3 is 1. The molecule has 5 heteroatoms. The van der Waals surface area contributed by atoms with Crippen LogP contribution in [0.3, 0.4) is 0 Å². The Balaban J connectivity index is 3.06. The maximum Gasteiger partial charge on any atom is 0.143 e. The van der Waals surface area contributed by atoms with E-state index in [-0.39, 0.29) is 0 Å². The second kappa shape index (κ2) is 3.94. The Morgan fingerprint density at radius 1 is 1.82 bits per heavy atom. The Hall–Kier alpha value is -0.260. The lowest BCUT2D eigenvalue weighted by Gasteiger charge is -2.00. The molecule has 0 saturated carbocycles. The number of aromatic nitrogens is 2. The van der Waals surface area contributed by atoms with Crippen LogP contribution in [0.4, 0.5) is 0 Å². The fourth-order valence-electron chi connectivity index (χ4n) is 0.667. The molecular formula is C6H7BrN2OS. The quantitative estimate of drug-likeness (QED) is 0.797. The number of rotatable bonds is 2. The number of hydrogen-bond acceptors (Lipinski definition) is 3. The Kier molecular flexibility index (Phi) is 3.16. The minimum atomic E-state index is 0.507. The van der Waals surface area contributed by atoms with Gasteiger partial charge in [-0.05, 0) is 15.9 Å². The third kappa shape index (κ3) is 2.08. The first kappa shape index (κ1) is 8.83. The van der Waals surface area contributed by atoms with Crippen LogP contribution in [0.15, 0.2) is 10.8 Å². The Labute approximate surface area is 77.9 Å². The van der Waals surface area contributed by atoms with Crippen LogP contribution < -0.4 is 0 Å². The van der Waals surface area contributed by atoms with E-state index in [9.17, 15) is 0 Å². The Morgan fingerprint density at radius 2 is 2.55 bits per heavy atom. The lowest BCUT2D eigenvalue weighted by Crippen LogP contribution is -1.94. The van der Waals surface area contributed by atoms with Gasteiger partial charge < -0.3 is 9.72 Å². The molecule has 0 aliphatic carbocycles. The lowest BCUT2D eigenvalue weighted by atomic mass is 10.4. The maximum absolute atomic E-state index is 4.93. The van der Waals surface area contributed by atoms with E-state index in [2.05, 4.69) is 25.9 Å². The maximum atomic E-state index is 4.93. The Morgan fingerprint density at radius 3 is 3.18 bits per heavy atom. The lowest BCUT2D eigenvalue weighted by molar-refractivity contribution is 0.180. The van der Waals surface area contributed by atoms with Gasteiger partial charge in [0, 0.05) is 7.11 Å². The van der Waals surface area contributed by atoms with Crippen molar-refractivity contribution in [3.8, 4) is 0 Å². The van der Waals surface area contributed by atoms with Gasteiger partial charge >= 0.3 is 0 Å². The molecule has 0 fully saturated rings. The predicted octanol–water partition coefficient (Wildman–Crippen LogP) is 2.05. The fraction of sp³-hybridized carbons (Fsp3) is 0.333. The summed E-state index contributed by atoms with van der Waals surface area (Å²) >= 11 is 8.22. The van der Waals surface area contributed by atoms with Crippen molar-refractivity contribution in [3.63, 3.8) is 0 Å². The molecule has 0 radical (unpaired) electrons. The van der Waals surface area contributed by atoms with Crippen molar-refractivity contribution in [2.45, 2.75) is 6.61 Å². The second-order valence-corrected chi connectivity index (χ2v) is 3.11. The van der Waals surface area contributed by atoms with E-state index in [0.717, 1.165) is 10.2 Å². The number of hydrogen-bond donors (Lipinski definition) is 1. The molecule has 0 aromatic carbocycles. The molecule has 0 amide bonds. The summed E-state index contributed by atoms with van der Waals surface area (Å²) in [5.74, 6) is 0. The van der Waals surface area contributed by atoms with Gasteiger partial charge in [-0.2, -0.15) is 0 Å². The SMILES string of the molecule is COCc1[nH]cnc(=S)c1Br. The normalized spacial score (nSPS) is 10.0. The highest BCUT2D eigenvalue weighted by Gasteiger charge is 1.99. The predicted molar refractivity (Wildman–Crippen MR) is 47.8 cm³/mol. The molecule has 1 N–H and O–H groups in total. The standard InChI is InChI=1S/C6H7BrN2OS/c1-10-2-4-5(7)6(11)9-3-8-4/h3H,2H2,1H3,(H,8,9,11). The van der Waals surface area contributed by atoms with Gasteiger partial charge in [-0.15, -0.1) is 0 Å². The highest BCUT2D eigenvalue weighted by atomic mass is 79.9. The third-order valence-corrected chi connectivity index (χ3v) is 2.59. The molecule has 1 heterocycles. The van der Waals surface area contributed by atoms with Gasteiger partial charge in [0.15, 0.2) is 0 Å². The van der Waals surface area contributed by atoms with Crippen LogP contribution in [-0.2, 0) is 11.3 Å². The van der Waals surface area contributed by atoms with Crippen molar-refractivity contribution in [2.75, 3.05) is 7.11 Å². The number of ether oxygens (including phenoxy) is 1. The van der Waals surface area contributed by atoms with Crippen LogP contribution in [0.1, 0.15) is 5.69 Å². The molecule has 0 atom stereocenters. The average molecular weight is 235 g/mol. The van der Waals surface area contributed by atoms with Gasteiger partial charge in [-0.25, -0.2) is 4.98 Å². The zero-order chi connectivity index (χ0) is 8.27. The van der Waals surface area contributed by atoms with Gasteiger partial charge in [-0.1, -0.05) is 12.2 Å². The summed E-state index contributed by atoms with van der Waals surface area (Å²) in [5, 5.41) is 0. The van der Waals surface area contributed by atoms with Crippen LogP contribution in [0.25, 0.3) is 0 Å². The first-order chi connectivity index (χ1) is 5.25. The van der Waals surface area contributed by atoms with Crippen molar-refractivity contribution in [1.29, 1.82) is 0 Å². The van der Waals surface area contributed by atoms with Crippen LogP contribution >= 0.6 is 28.1 Å². The van der Waals surface area contributed by atoms with Crippen LogP contribution in [0.5, 0.6) is 0 Å². The van der Waals surface area contributed by atoms with Gasteiger partial charge in [0.05, 0.1) is 23.1 Å². The zero-order valence-corrected chi connectivity index (χ0v) is 8.33. The molecular weight excluding hydrogens is 228 g/mol. The number of aromatic amines is 1. The summed E-state index contributed by atoms with van der Waals surface area (Å²) in [4.78, 5) is 6.81. The van der Waals surface area contributed by atoms with Crippen molar-refractivity contribution in [3.05, 3.63) is 21.1 Å². The van der Waals surface area contributed by atoms with Crippen LogP contribution in [0.2, 0.25) is 0 Å². The third-order valence-electron chi connectivity index (χ3n) is 1.16. The summed E-state index contributed by atoms with van der Waals surface area (Å²) in [7, 11) is 1.63. The minimum absolute atomic E-state index is 0.507. The molecule has 0 spiro atoms. The molecule has 0 unspecified atom stereocenters. The summed E-state index contributed by atoms with van der Waals surface area (Å²) < 4.78 is 6.28. The van der Waals surface area contributed by atoms with Crippen LogP contribution in [0, 0.1) is 4.64 Å². The van der Waals surface area contributed by atoms with Gasteiger partial charge in [0.1, 0.15) is 4.64 Å². The Bertz CT molecular complexity index is 299. The zero-order valence-electron chi connectivity index (χ0n) is 5.93. The summed E-state index contributed by atoms with van der Waals surface area (Å²) in [6.07, 6.45) is 1.56. The fourth-order valence-corrected chi connectivity index (χ4v) is 1.17. The van der Waals surface area contributed by atoms with E-state index in [1.165, 1.54) is 0 Å². The van der Waals surface area contributed by atoms with Gasteiger partial charge in [0.25, 0.3) is 0 Å². The van der Waals surface area contributed by atoms with E-state index in [4.69, 9.17) is 17.0 Å². The van der Waals surface area contributed by atoms with E-state index < -0.39 is 0 Å². The van der Waals surface area contributed by atoms with Crippen molar-refractivity contribution in [1.82, 2.24) is 9.97 Å². The average Bonchev–Trinajstić information content (AvgIpc) is 1.99. The van der Waals surface area contributed by atoms with Gasteiger partial charge in [-0.3, -0.25) is 0 Å². The molecule has 1 aromatic rings. The molecule has 3 nitrogen and oxygen atoms in total. The number of nitrogens with one attached hydrogen (secondary N) is 1. The smallest absolute Gasteiger partial charge is 0.143 e. The van der Waals surface area contributed by atoms with Crippen molar-refractivity contribution >= 4 is 28.1 Å². The summed E-state index contributed by atoms with van der Waals surface area (Å²) in [6, 6.07) is 0. The molecule has 11 heavy (non-hydrogen) atoms. The molecule has 0 saturated heterocycles. The molecule has 1 aromatic heterocycles. The van der Waals surface area contributed by atoms with E-state index in [1.807, 2.05) is 0 Å².